The van der Waals surface area contributed by atoms with E-state index in [1.165, 1.54) is 25.3 Å². The van der Waals surface area contributed by atoms with Crippen LogP contribution in [-0.4, -0.2) is 22.5 Å². The summed E-state index contributed by atoms with van der Waals surface area (Å²) in [6.07, 6.45) is 1.36. The molecule has 0 aliphatic heterocycles. The zero-order chi connectivity index (χ0) is 13.7. The van der Waals surface area contributed by atoms with Gasteiger partial charge in [0.2, 0.25) is 11.6 Å². The number of nitrogens with zero attached hydrogens (tertiary/aromatic N) is 1. The molecule has 0 spiro atoms. The van der Waals surface area contributed by atoms with E-state index in [0.29, 0.717) is 0 Å². The van der Waals surface area contributed by atoms with E-state index in [4.69, 9.17) is 4.42 Å². The van der Waals surface area contributed by atoms with Crippen LogP contribution in [0.5, 0.6) is 0 Å². The molecule has 2 aromatic heterocycles. The molecule has 0 saturated heterocycles. The van der Waals surface area contributed by atoms with Crippen molar-refractivity contribution in [1.82, 2.24) is 4.98 Å². The van der Waals surface area contributed by atoms with Gasteiger partial charge in [0.1, 0.15) is 11.5 Å². The molecule has 6 nitrogen and oxygen atoms in total. The number of carboxylic acids is 1. The van der Waals surface area contributed by atoms with Gasteiger partial charge in [0.15, 0.2) is 5.76 Å². The van der Waals surface area contributed by atoms with Crippen molar-refractivity contribution in [2.45, 2.75) is 6.92 Å². The minimum absolute atomic E-state index is 0.0282. The van der Waals surface area contributed by atoms with Crippen molar-refractivity contribution in [2.75, 3.05) is 0 Å². The lowest BCUT2D eigenvalue weighted by molar-refractivity contribution is -0.255. The number of fused-ring (bicyclic) bond motifs is 2. The zero-order valence-electron chi connectivity index (χ0n) is 9.72. The third-order valence-electron chi connectivity index (χ3n) is 2.99. The number of pyridine rings is 1. The predicted molar refractivity (Wildman–Crippen MR) is 58.9 cm³/mol. The molecule has 0 bridgehead atoms. The van der Waals surface area contributed by atoms with Crippen LogP contribution >= 0.6 is 0 Å². The first-order valence-corrected chi connectivity index (χ1v) is 5.41. The standard InChI is InChI=1S/C13H7NO5/c1-5-7(13(17)18)8-11(16)9-6(3-2-4-14-9)10(15)12(8)19-5/h2-4H,1H3,(H,17,18)/p-1. The summed E-state index contributed by atoms with van der Waals surface area (Å²) in [7, 11) is 0. The number of furan rings is 1. The molecule has 2 heterocycles. The number of carboxylic acid groups (broad SMARTS) is 1. The Morgan fingerprint density at radius 1 is 1.32 bits per heavy atom. The second-order valence-electron chi connectivity index (χ2n) is 4.08. The highest BCUT2D eigenvalue weighted by Crippen LogP contribution is 2.31. The topological polar surface area (TPSA) is 100 Å². The number of aromatic carboxylic acids is 1. The van der Waals surface area contributed by atoms with Crippen LogP contribution in [0.15, 0.2) is 22.7 Å². The summed E-state index contributed by atoms with van der Waals surface area (Å²) in [5.41, 5.74) is -0.611. The van der Waals surface area contributed by atoms with Crippen molar-refractivity contribution < 1.29 is 23.9 Å². The second kappa shape index (κ2) is 3.61. The number of aryl methyl sites for hydroxylation is 1. The minimum atomic E-state index is -1.55. The smallest absolute Gasteiger partial charge is 0.231 e. The molecule has 0 atom stereocenters. The maximum atomic E-state index is 12.2. The quantitative estimate of drug-likeness (QED) is 0.613. The lowest BCUT2D eigenvalue weighted by Gasteiger charge is -2.12. The minimum Gasteiger partial charge on any atom is -0.545 e. The molecule has 0 amide bonds. The highest BCUT2D eigenvalue weighted by atomic mass is 16.4. The molecule has 1 aliphatic carbocycles. The van der Waals surface area contributed by atoms with Crippen LogP contribution in [-0.2, 0) is 0 Å². The lowest BCUT2D eigenvalue weighted by Crippen LogP contribution is -2.28. The van der Waals surface area contributed by atoms with Gasteiger partial charge in [-0.15, -0.1) is 0 Å². The van der Waals surface area contributed by atoms with Crippen LogP contribution in [0.2, 0.25) is 0 Å². The monoisotopic (exact) mass is 256 g/mol. The molecule has 19 heavy (non-hydrogen) atoms. The Morgan fingerprint density at radius 2 is 2.05 bits per heavy atom. The van der Waals surface area contributed by atoms with E-state index in [1.807, 2.05) is 0 Å². The molecule has 1 aliphatic rings. The third-order valence-corrected chi connectivity index (χ3v) is 2.99. The molecule has 0 aromatic carbocycles. The van der Waals surface area contributed by atoms with Gasteiger partial charge in [-0.25, -0.2) is 0 Å². The van der Waals surface area contributed by atoms with E-state index < -0.39 is 17.5 Å². The number of carbonyl (C=O) groups excluding carboxylic acids is 3. The van der Waals surface area contributed by atoms with E-state index in [2.05, 4.69) is 4.98 Å². The third kappa shape index (κ3) is 1.36. The first-order chi connectivity index (χ1) is 9.02. The van der Waals surface area contributed by atoms with Gasteiger partial charge >= 0.3 is 0 Å². The SMILES string of the molecule is Cc1oc2c(c1C(=O)[O-])C(=O)c1ncccc1C2=O. The van der Waals surface area contributed by atoms with Crippen molar-refractivity contribution in [2.24, 2.45) is 0 Å². The van der Waals surface area contributed by atoms with E-state index in [0.717, 1.165) is 0 Å². The van der Waals surface area contributed by atoms with Gasteiger partial charge in [0, 0.05) is 6.20 Å². The Kier molecular flexibility index (Phi) is 2.16. The van der Waals surface area contributed by atoms with Gasteiger partial charge < -0.3 is 14.3 Å². The summed E-state index contributed by atoms with van der Waals surface area (Å²) >= 11 is 0. The van der Waals surface area contributed by atoms with Gasteiger partial charge in [-0.1, -0.05) is 0 Å². The molecule has 0 radical (unpaired) electrons. The van der Waals surface area contributed by atoms with Crippen LogP contribution in [0, 0.1) is 6.92 Å². The molecule has 0 fully saturated rings. The van der Waals surface area contributed by atoms with Crippen molar-refractivity contribution in [3.8, 4) is 0 Å². The Hall–Kier alpha value is -2.76. The number of hydrogen-bond donors (Lipinski definition) is 0. The first kappa shape index (κ1) is 11.3. The van der Waals surface area contributed by atoms with Gasteiger partial charge in [-0.2, -0.15) is 0 Å². The van der Waals surface area contributed by atoms with Crippen molar-refractivity contribution >= 4 is 17.5 Å². The van der Waals surface area contributed by atoms with Crippen LogP contribution in [0.3, 0.4) is 0 Å². The van der Waals surface area contributed by atoms with Crippen molar-refractivity contribution in [1.29, 1.82) is 0 Å². The summed E-state index contributed by atoms with van der Waals surface area (Å²) < 4.78 is 5.12. The summed E-state index contributed by atoms with van der Waals surface area (Å²) in [5, 5.41) is 11.1. The Morgan fingerprint density at radius 3 is 2.74 bits per heavy atom. The van der Waals surface area contributed by atoms with Gasteiger partial charge in [-0.05, 0) is 19.1 Å². The average molecular weight is 256 g/mol. The number of aromatic nitrogens is 1. The molecule has 0 saturated carbocycles. The van der Waals surface area contributed by atoms with E-state index in [9.17, 15) is 19.5 Å². The number of hydrogen-bond acceptors (Lipinski definition) is 6. The van der Waals surface area contributed by atoms with E-state index in [-0.39, 0.29) is 33.9 Å². The lowest BCUT2D eigenvalue weighted by atomic mass is 9.90. The highest BCUT2D eigenvalue weighted by Gasteiger charge is 2.37. The predicted octanol–water partition coefficient (Wildman–Crippen LogP) is 0.122. The van der Waals surface area contributed by atoms with Crippen LogP contribution in [0.25, 0.3) is 0 Å². The first-order valence-electron chi connectivity index (χ1n) is 5.41. The van der Waals surface area contributed by atoms with E-state index >= 15 is 0 Å². The van der Waals surface area contributed by atoms with Crippen molar-refractivity contribution in [3.63, 3.8) is 0 Å². The fraction of sp³-hybridized carbons (Fsp3) is 0.0769. The van der Waals surface area contributed by atoms with Gasteiger partial charge in [-0.3, -0.25) is 14.6 Å². The molecular weight excluding hydrogens is 250 g/mol. The average Bonchev–Trinajstić information content (AvgIpc) is 2.74. The summed E-state index contributed by atoms with van der Waals surface area (Å²) in [5.74, 6) is -3.03. The molecule has 2 aromatic rings. The zero-order valence-corrected chi connectivity index (χ0v) is 9.72. The van der Waals surface area contributed by atoms with Gasteiger partial charge in [0.25, 0.3) is 0 Å². The highest BCUT2D eigenvalue weighted by molar-refractivity contribution is 6.29. The molecule has 94 valence electrons. The van der Waals surface area contributed by atoms with Crippen molar-refractivity contribution in [3.05, 3.63) is 52.2 Å². The fourth-order valence-corrected chi connectivity index (χ4v) is 2.18. The normalized spacial score (nSPS) is 13.1. The number of rotatable bonds is 1. The summed E-state index contributed by atoms with van der Waals surface area (Å²) in [6.45, 7) is 1.36. The van der Waals surface area contributed by atoms with E-state index in [1.54, 1.807) is 0 Å². The second-order valence-corrected chi connectivity index (χ2v) is 4.08. The number of ketones is 2. The maximum absolute atomic E-state index is 12.2. The van der Waals surface area contributed by atoms with Crippen LogP contribution in [0.1, 0.15) is 48.3 Å². The summed E-state index contributed by atoms with van der Waals surface area (Å²) in [4.78, 5) is 39.3. The maximum Gasteiger partial charge on any atom is 0.231 e. The Bertz CT molecular complexity index is 756. The fourth-order valence-electron chi connectivity index (χ4n) is 2.18. The number of carbonyl (C=O) groups is 3. The largest absolute Gasteiger partial charge is 0.545 e. The summed E-state index contributed by atoms with van der Waals surface area (Å²) in [6, 6.07) is 2.96. The molecule has 6 heteroatoms. The Balaban J connectivity index is 2.37. The Labute approximate surface area is 106 Å². The molecule has 0 unspecified atom stereocenters. The van der Waals surface area contributed by atoms with Crippen LogP contribution < -0.4 is 5.11 Å². The van der Waals surface area contributed by atoms with Crippen LogP contribution in [0.4, 0.5) is 0 Å². The molecule has 3 rings (SSSR count). The molecule has 0 N–H and O–H groups in total. The van der Waals surface area contributed by atoms with Gasteiger partial charge in [0.05, 0.1) is 22.7 Å². The molecular formula is C13H6NO5-.